The number of benzene rings is 1. The quantitative estimate of drug-likeness (QED) is 0.804. The van der Waals surface area contributed by atoms with Crippen LogP contribution in [0.5, 0.6) is 0 Å². The molecule has 1 fully saturated rings. The largest absolute Gasteiger partial charge is 0.396 e. The van der Waals surface area contributed by atoms with Crippen LogP contribution in [0, 0.1) is 5.92 Å². The van der Waals surface area contributed by atoms with Crippen molar-refractivity contribution in [2.24, 2.45) is 5.92 Å². The van der Waals surface area contributed by atoms with Crippen molar-refractivity contribution in [3.8, 4) is 0 Å². The molecule has 1 heterocycles. The summed E-state index contributed by atoms with van der Waals surface area (Å²) in [5, 5.41) is 13.3. The molecule has 1 amide bonds. The smallest absolute Gasteiger partial charge is 0.252 e. The van der Waals surface area contributed by atoms with Gasteiger partial charge >= 0.3 is 0 Å². The molecule has 1 aliphatic carbocycles. The van der Waals surface area contributed by atoms with Crippen LogP contribution in [0.4, 0.5) is 0 Å². The summed E-state index contributed by atoms with van der Waals surface area (Å²) < 4.78 is 0. The lowest BCUT2D eigenvalue weighted by molar-refractivity contribution is -0.121. The fraction of sp³-hybridized carbons (Fsp3) is 0.444. The molecule has 1 aromatic carbocycles. The predicted octanol–water partition coefficient (Wildman–Crippen LogP) is 1.74. The Morgan fingerprint density at radius 2 is 2.04 bits per heavy atom. The SMILES string of the molecule is O=C(Cc1cc2ccccc2[nH]c1=O)NC1CCCCC1CO. The summed E-state index contributed by atoms with van der Waals surface area (Å²) in [5.74, 6) is -0.0290. The molecule has 0 aliphatic heterocycles. The number of nitrogens with one attached hydrogen (secondary N) is 2. The van der Waals surface area contributed by atoms with E-state index in [9.17, 15) is 14.7 Å². The molecule has 3 N–H and O–H groups in total. The number of rotatable bonds is 4. The molecule has 3 rings (SSSR count). The van der Waals surface area contributed by atoms with Gasteiger partial charge in [0.05, 0.1) is 6.42 Å². The number of carbonyl (C=O) groups is 1. The van der Waals surface area contributed by atoms with Gasteiger partial charge in [0, 0.05) is 29.6 Å². The average molecular weight is 314 g/mol. The van der Waals surface area contributed by atoms with Crippen LogP contribution in [-0.2, 0) is 11.2 Å². The van der Waals surface area contributed by atoms with Gasteiger partial charge in [-0.2, -0.15) is 0 Å². The molecule has 0 bridgehead atoms. The minimum absolute atomic E-state index is 0.0146. The van der Waals surface area contributed by atoms with E-state index in [2.05, 4.69) is 10.3 Å². The van der Waals surface area contributed by atoms with E-state index < -0.39 is 0 Å². The minimum Gasteiger partial charge on any atom is -0.396 e. The molecule has 2 unspecified atom stereocenters. The number of para-hydroxylation sites is 1. The summed E-state index contributed by atoms with van der Waals surface area (Å²) in [4.78, 5) is 27.2. The van der Waals surface area contributed by atoms with Gasteiger partial charge in [0.2, 0.25) is 5.91 Å². The van der Waals surface area contributed by atoms with Gasteiger partial charge in [-0.05, 0) is 30.4 Å². The fourth-order valence-electron chi connectivity index (χ4n) is 3.37. The molecule has 0 saturated heterocycles. The molecule has 1 aromatic heterocycles. The normalized spacial score (nSPS) is 21.3. The summed E-state index contributed by atoms with van der Waals surface area (Å²) in [6, 6.07) is 9.31. The highest BCUT2D eigenvalue weighted by atomic mass is 16.3. The second-order valence-corrected chi connectivity index (χ2v) is 6.29. The van der Waals surface area contributed by atoms with Crippen molar-refractivity contribution in [3.05, 3.63) is 46.2 Å². The van der Waals surface area contributed by atoms with E-state index in [4.69, 9.17) is 0 Å². The molecule has 2 aromatic rings. The third-order valence-corrected chi connectivity index (χ3v) is 4.67. The van der Waals surface area contributed by atoms with Crippen molar-refractivity contribution >= 4 is 16.8 Å². The first-order valence-corrected chi connectivity index (χ1v) is 8.18. The highest BCUT2D eigenvalue weighted by Crippen LogP contribution is 2.24. The number of carbonyl (C=O) groups excluding carboxylic acids is 1. The average Bonchev–Trinajstić information content (AvgIpc) is 2.56. The van der Waals surface area contributed by atoms with E-state index in [1.165, 1.54) is 0 Å². The van der Waals surface area contributed by atoms with Crippen LogP contribution in [0.3, 0.4) is 0 Å². The molecule has 23 heavy (non-hydrogen) atoms. The number of hydrogen-bond acceptors (Lipinski definition) is 3. The second kappa shape index (κ2) is 6.96. The third-order valence-electron chi connectivity index (χ3n) is 4.67. The number of amides is 1. The zero-order valence-electron chi connectivity index (χ0n) is 13.0. The topological polar surface area (TPSA) is 82.2 Å². The van der Waals surface area contributed by atoms with Crippen LogP contribution in [0.2, 0.25) is 0 Å². The Hall–Kier alpha value is -2.14. The maximum absolute atomic E-state index is 12.3. The minimum atomic E-state index is -0.221. The molecule has 122 valence electrons. The third kappa shape index (κ3) is 3.62. The van der Waals surface area contributed by atoms with Crippen LogP contribution in [-0.4, -0.2) is 28.6 Å². The summed E-state index contributed by atoms with van der Waals surface area (Å²) in [6.07, 6.45) is 4.07. The molecule has 1 saturated carbocycles. The highest BCUT2D eigenvalue weighted by Gasteiger charge is 2.25. The van der Waals surface area contributed by atoms with Gasteiger partial charge in [0.15, 0.2) is 0 Å². The van der Waals surface area contributed by atoms with Crippen molar-refractivity contribution in [1.29, 1.82) is 0 Å². The van der Waals surface area contributed by atoms with Crippen LogP contribution < -0.4 is 10.9 Å². The molecule has 1 aliphatic rings. The van der Waals surface area contributed by atoms with Gasteiger partial charge in [-0.1, -0.05) is 31.0 Å². The van der Waals surface area contributed by atoms with Crippen molar-refractivity contribution in [2.45, 2.75) is 38.1 Å². The standard InChI is InChI=1S/C18H22N2O3/c21-11-13-6-2-4-8-16(13)19-17(22)10-14-9-12-5-1-3-7-15(12)20-18(14)23/h1,3,5,7,9,13,16,21H,2,4,6,8,10-11H2,(H,19,22)(H,20,23). The van der Waals surface area contributed by atoms with Crippen molar-refractivity contribution < 1.29 is 9.90 Å². The lowest BCUT2D eigenvalue weighted by Crippen LogP contribution is -2.44. The number of aromatic amines is 1. The molecule has 5 nitrogen and oxygen atoms in total. The predicted molar refractivity (Wildman–Crippen MR) is 89.2 cm³/mol. The Kier molecular flexibility index (Phi) is 4.76. The van der Waals surface area contributed by atoms with E-state index in [-0.39, 0.29) is 36.5 Å². The van der Waals surface area contributed by atoms with Gasteiger partial charge in [-0.3, -0.25) is 9.59 Å². The zero-order chi connectivity index (χ0) is 16.2. The Labute approximate surface area is 134 Å². The number of fused-ring (bicyclic) bond motifs is 1. The summed E-state index contributed by atoms with van der Waals surface area (Å²) in [7, 11) is 0. The van der Waals surface area contributed by atoms with Gasteiger partial charge in [0.1, 0.15) is 0 Å². The monoisotopic (exact) mass is 314 g/mol. The number of H-pyrrole nitrogens is 1. The van der Waals surface area contributed by atoms with E-state index in [1.54, 1.807) is 6.07 Å². The van der Waals surface area contributed by atoms with Gasteiger partial charge < -0.3 is 15.4 Å². The molecular weight excluding hydrogens is 292 g/mol. The molecule has 0 spiro atoms. The first-order valence-electron chi connectivity index (χ1n) is 8.18. The van der Waals surface area contributed by atoms with Crippen LogP contribution >= 0.6 is 0 Å². The van der Waals surface area contributed by atoms with E-state index in [1.807, 2.05) is 24.3 Å². The van der Waals surface area contributed by atoms with Gasteiger partial charge in [-0.15, -0.1) is 0 Å². The van der Waals surface area contributed by atoms with Crippen molar-refractivity contribution in [3.63, 3.8) is 0 Å². The Morgan fingerprint density at radius 1 is 1.26 bits per heavy atom. The van der Waals surface area contributed by atoms with Gasteiger partial charge in [0.25, 0.3) is 5.56 Å². The highest BCUT2D eigenvalue weighted by molar-refractivity contribution is 5.82. The lowest BCUT2D eigenvalue weighted by atomic mass is 9.85. The van der Waals surface area contributed by atoms with Crippen LogP contribution in [0.15, 0.2) is 35.1 Å². The van der Waals surface area contributed by atoms with E-state index >= 15 is 0 Å². The number of aliphatic hydroxyl groups excluding tert-OH is 1. The van der Waals surface area contributed by atoms with Crippen LogP contribution in [0.1, 0.15) is 31.2 Å². The second-order valence-electron chi connectivity index (χ2n) is 6.29. The number of aromatic nitrogens is 1. The first-order chi connectivity index (χ1) is 11.2. The van der Waals surface area contributed by atoms with E-state index in [0.717, 1.165) is 36.6 Å². The zero-order valence-corrected chi connectivity index (χ0v) is 13.0. The Morgan fingerprint density at radius 3 is 2.87 bits per heavy atom. The Balaban J connectivity index is 1.72. The summed E-state index contributed by atoms with van der Waals surface area (Å²) in [6.45, 7) is 0.0987. The Bertz CT molecular complexity index is 753. The molecular formula is C18H22N2O3. The maximum Gasteiger partial charge on any atom is 0.252 e. The number of pyridine rings is 1. The molecule has 2 atom stereocenters. The van der Waals surface area contributed by atoms with E-state index in [0.29, 0.717) is 5.56 Å². The fourth-order valence-corrected chi connectivity index (χ4v) is 3.37. The van der Waals surface area contributed by atoms with Crippen LogP contribution in [0.25, 0.3) is 10.9 Å². The summed E-state index contributed by atoms with van der Waals surface area (Å²) >= 11 is 0. The first kappa shape index (κ1) is 15.7. The molecule has 0 radical (unpaired) electrons. The number of aliphatic hydroxyl groups is 1. The molecule has 5 heteroatoms. The van der Waals surface area contributed by atoms with Crippen molar-refractivity contribution in [2.75, 3.05) is 6.61 Å². The maximum atomic E-state index is 12.3. The van der Waals surface area contributed by atoms with Crippen molar-refractivity contribution in [1.82, 2.24) is 10.3 Å². The lowest BCUT2D eigenvalue weighted by Gasteiger charge is -2.30. The number of hydrogen-bond donors (Lipinski definition) is 3. The summed E-state index contributed by atoms with van der Waals surface area (Å²) in [5.41, 5.74) is 1.02. The van der Waals surface area contributed by atoms with Gasteiger partial charge in [-0.25, -0.2) is 0 Å².